The molecule has 4 rings (SSSR count). The van der Waals surface area contributed by atoms with E-state index in [1.165, 1.54) is 12.1 Å². The third kappa shape index (κ3) is 3.03. The molecule has 2 atom stereocenters. The Hall–Kier alpha value is -2.54. The number of nitro benzene ring substituents is 1. The minimum Gasteiger partial charge on any atom is -0.297 e. The molecule has 0 aromatic heterocycles. The molecule has 2 aromatic carbocycles. The molecule has 2 aliphatic rings. The number of hydrogen-bond acceptors (Lipinski definition) is 5. The molecule has 2 aromatic rings. The van der Waals surface area contributed by atoms with E-state index in [9.17, 15) is 14.9 Å². The van der Waals surface area contributed by atoms with Crippen molar-refractivity contribution >= 4 is 33.1 Å². The molecule has 0 N–H and O–H groups in total. The molecule has 0 saturated heterocycles. The minimum absolute atomic E-state index is 0.0417. The van der Waals surface area contributed by atoms with Crippen molar-refractivity contribution in [1.82, 2.24) is 5.01 Å². The number of non-ortho nitro benzene ring substituents is 1. The fraction of sp³-hybridized carbons (Fsp3) is 0.263. The molecule has 1 fully saturated rings. The van der Waals surface area contributed by atoms with E-state index in [1.54, 1.807) is 12.1 Å². The van der Waals surface area contributed by atoms with E-state index in [-0.39, 0.29) is 23.6 Å². The number of benzene rings is 2. The van der Waals surface area contributed by atoms with Gasteiger partial charge in [0.2, 0.25) is 0 Å². The van der Waals surface area contributed by atoms with Gasteiger partial charge in [-0.15, -0.1) is 0 Å². The van der Waals surface area contributed by atoms with Crippen LogP contribution in [0.2, 0.25) is 0 Å². The summed E-state index contributed by atoms with van der Waals surface area (Å²) in [6.07, 6.45) is 1.31. The van der Waals surface area contributed by atoms with Crippen LogP contribution in [0.5, 0.6) is 0 Å². The number of nitrogens with zero attached hydrogens (tertiary/aromatic N) is 3. The van der Waals surface area contributed by atoms with Gasteiger partial charge in [0, 0.05) is 40.2 Å². The van der Waals surface area contributed by atoms with Crippen molar-refractivity contribution in [2.24, 2.45) is 5.10 Å². The second kappa shape index (κ2) is 6.32. The SMILES string of the molecule is CC1Cc2ccc(Br)cc2C(c2ccc([N+](=O)[O-])cc2)=NN1C1CC1=O. The summed E-state index contributed by atoms with van der Waals surface area (Å²) in [6.45, 7) is 2.07. The van der Waals surface area contributed by atoms with Crippen LogP contribution in [0.25, 0.3) is 0 Å². The maximum absolute atomic E-state index is 11.7. The van der Waals surface area contributed by atoms with Crippen LogP contribution in [0.4, 0.5) is 5.69 Å². The molecule has 2 unspecified atom stereocenters. The van der Waals surface area contributed by atoms with E-state index in [0.717, 1.165) is 33.3 Å². The van der Waals surface area contributed by atoms with E-state index in [0.29, 0.717) is 6.42 Å². The van der Waals surface area contributed by atoms with Crippen molar-refractivity contribution in [2.75, 3.05) is 0 Å². The summed E-state index contributed by atoms with van der Waals surface area (Å²) in [5.74, 6) is 0.204. The lowest BCUT2D eigenvalue weighted by atomic mass is 9.95. The summed E-state index contributed by atoms with van der Waals surface area (Å²) in [7, 11) is 0. The van der Waals surface area contributed by atoms with Gasteiger partial charge in [-0.1, -0.05) is 22.0 Å². The molecule has 6 nitrogen and oxygen atoms in total. The van der Waals surface area contributed by atoms with Crippen LogP contribution in [0.3, 0.4) is 0 Å². The number of hydrogen-bond donors (Lipinski definition) is 0. The highest BCUT2D eigenvalue weighted by Gasteiger charge is 2.43. The lowest BCUT2D eigenvalue weighted by Crippen LogP contribution is -2.32. The zero-order valence-electron chi connectivity index (χ0n) is 14.1. The van der Waals surface area contributed by atoms with Gasteiger partial charge >= 0.3 is 0 Å². The molecule has 26 heavy (non-hydrogen) atoms. The molecular weight excluding hydrogens is 398 g/mol. The largest absolute Gasteiger partial charge is 0.297 e. The van der Waals surface area contributed by atoms with Gasteiger partial charge in [-0.3, -0.25) is 19.9 Å². The van der Waals surface area contributed by atoms with Gasteiger partial charge in [-0.2, -0.15) is 5.10 Å². The molecule has 132 valence electrons. The van der Waals surface area contributed by atoms with Crippen LogP contribution in [-0.4, -0.2) is 33.5 Å². The number of carbonyl (C=O) groups is 1. The number of ketones is 1. The average molecular weight is 414 g/mol. The summed E-state index contributed by atoms with van der Waals surface area (Å²) in [4.78, 5) is 22.3. The molecule has 1 saturated carbocycles. The summed E-state index contributed by atoms with van der Waals surface area (Å²) >= 11 is 3.52. The van der Waals surface area contributed by atoms with E-state index in [1.807, 2.05) is 17.1 Å². The molecule has 0 spiro atoms. The van der Waals surface area contributed by atoms with Crippen molar-refractivity contribution in [2.45, 2.75) is 31.8 Å². The second-order valence-corrected chi connectivity index (χ2v) is 7.59. The lowest BCUT2D eigenvalue weighted by Gasteiger charge is -2.24. The van der Waals surface area contributed by atoms with Crippen molar-refractivity contribution in [1.29, 1.82) is 0 Å². The van der Waals surface area contributed by atoms with Crippen molar-refractivity contribution in [3.05, 3.63) is 73.7 Å². The lowest BCUT2D eigenvalue weighted by molar-refractivity contribution is -0.384. The van der Waals surface area contributed by atoms with E-state index in [2.05, 4.69) is 28.9 Å². The van der Waals surface area contributed by atoms with Gasteiger partial charge in [0.15, 0.2) is 5.78 Å². The molecule has 7 heteroatoms. The highest BCUT2D eigenvalue weighted by atomic mass is 79.9. The van der Waals surface area contributed by atoms with Crippen LogP contribution in [-0.2, 0) is 11.2 Å². The number of Topliss-reactive ketones (excluding diaryl/α,β-unsaturated/α-hetero) is 1. The fourth-order valence-electron chi connectivity index (χ4n) is 3.33. The zero-order valence-corrected chi connectivity index (χ0v) is 15.6. The molecular formula is C19H16BrN3O3. The number of halogens is 1. The Bertz CT molecular complexity index is 940. The van der Waals surface area contributed by atoms with Gasteiger partial charge in [0.25, 0.3) is 5.69 Å². The van der Waals surface area contributed by atoms with E-state index < -0.39 is 4.92 Å². The molecule has 0 bridgehead atoms. The Morgan fingerprint density at radius 3 is 2.50 bits per heavy atom. The van der Waals surface area contributed by atoms with Gasteiger partial charge < -0.3 is 0 Å². The Labute approximate surface area is 158 Å². The molecule has 0 amide bonds. The number of rotatable bonds is 3. The Balaban J connectivity index is 1.85. The predicted octanol–water partition coefficient (Wildman–Crippen LogP) is 3.70. The number of hydrazone groups is 1. The Kier molecular flexibility index (Phi) is 4.11. The summed E-state index contributed by atoms with van der Waals surface area (Å²) in [6, 6.07) is 12.4. The van der Waals surface area contributed by atoms with Crippen molar-refractivity contribution < 1.29 is 9.72 Å². The first kappa shape index (κ1) is 16.9. The third-order valence-electron chi connectivity index (χ3n) is 4.79. The number of fused-ring (bicyclic) bond motifs is 1. The Morgan fingerprint density at radius 2 is 1.88 bits per heavy atom. The second-order valence-electron chi connectivity index (χ2n) is 6.67. The number of carbonyl (C=O) groups excluding carboxylic acids is 1. The van der Waals surface area contributed by atoms with Crippen molar-refractivity contribution in [3.8, 4) is 0 Å². The molecule has 1 aliphatic carbocycles. The third-order valence-corrected chi connectivity index (χ3v) is 5.28. The van der Waals surface area contributed by atoms with Crippen LogP contribution in [0, 0.1) is 10.1 Å². The Morgan fingerprint density at radius 1 is 1.19 bits per heavy atom. The van der Waals surface area contributed by atoms with Gasteiger partial charge in [-0.25, -0.2) is 0 Å². The average Bonchev–Trinajstić information content (AvgIpc) is 3.35. The van der Waals surface area contributed by atoms with E-state index in [4.69, 9.17) is 5.10 Å². The smallest absolute Gasteiger partial charge is 0.269 e. The summed E-state index contributed by atoms with van der Waals surface area (Å²) in [5, 5.41) is 17.7. The highest BCUT2D eigenvalue weighted by molar-refractivity contribution is 9.10. The first-order valence-corrected chi connectivity index (χ1v) is 9.16. The quantitative estimate of drug-likeness (QED) is 0.567. The summed E-state index contributed by atoms with van der Waals surface area (Å²) < 4.78 is 0.939. The molecule has 0 radical (unpaired) electrons. The maximum Gasteiger partial charge on any atom is 0.269 e. The molecule has 1 heterocycles. The number of nitro groups is 1. The maximum atomic E-state index is 11.7. The van der Waals surface area contributed by atoms with Crippen LogP contribution < -0.4 is 0 Å². The van der Waals surface area contributed by atoms with Crippen molar-refractivity contribution in [3.63, 3.8) is 0 Å². The first-order valence-electron chi connectivity index (χ1n) is 8.37. The first-order chi connectivity index (χ1) is 12.4. The van der Waals surface area contributed by atoms with Gasteiger partial charge in [0.1, 0.15) is 6.04 Å². The fourth-order valence-corrected chi connectivity index (χ4v) is 3.69. The standard InChI is InChI=1S/C19H16BrN3O3/c1-11-8-13-2-5-14(20)9-16(13)19(21-22(11)17-10-18(17)24)12-3-6-15(7-4-12)23(25)26/h2-7,9,11,17H,8,10H2,1H3. The monoisotopic (exact) mass is 413 g/mol. The van der Waals surface area contributed by atoms with Crippen LogP contribution >= 0.6 is 15.9 Å². The van der Waals surface area contributed by atoms with Gasteiger partial charge in [-0.05, 0) is 43.2 Å². The predicted molar refractivity (Wildman–Crippen MR) is 101 cm³/mol. The van der Waals surface area contributed by atoms with Gasteiger partial charge in [0.05, 0.1) is 10.6 Å². The normalized spacial score (nSPS) is 21.7. The van der Waals surface area contributed by atoms with Crippen LogP contribution in [0.1, 0.15) is 30.0 Å². The zero-order chi connectivity index (χ0) is 18.4. The molecule has 1 aliphatic heterocycles. The van der Waals surface area contributed by atoms with Crippen LogP contribution in [0.15, 0.2) is 52.0 Å². The minimum atomic E-state index is -0.416. The van der Waals surface area contributed by atoms with E-state index >= 15 is 0 Å². The highest BCUT2D eigenvalue weighted by Crippen LogP contribution is 2.32. The topological polar surface area (TPSA) is 75.8 Å². The summed E-state index contributed by atoms with van der Waals surface area (Å²) in [5.41, 5.74) is 3.70.